The van der Waals surface area contributed by atoms with Gasteiger partial charge in [0, 0.05) is 13.1 Å². The van der Waals surface area contributed by atoms with Gasteiger partial charge >= 0.3 is 0 Å². The van der Waals surface area contributed by atoms with Gasteiger partial charge in [0.15, 0.2) is 0 Å². The minimum Gasteiger partial charge on any atom is -0.393 e. The van der Waals surface area contributed by atoms with Crippen LogP contribution in [0.2, 0.25) is 0 Å². The summed E-state index contributed by atoms with van der Waals surface area (Å²) in [4.78, 5) is 14.7. The maximum absolute atomic E-state index is 12.4. The predicted molar refractivity (Wildman–Crippen MR) is 88.4 cm³/mol. The van der Waals surface area contributed by atoms with Crippen molar-refractivity contribution in [2.45, 2.75) is 57.7 Å². The highest BCUT2D eigenvalue weighted by atomic mass is 16.3. The number of nitrogens with zero attached hydrogens (tertiary/aromatic N) is 1. The molecule has 2 atom stereocenters. The topological polar surface area (TPSA) is 52.6 Å². The molecular formula is C18H28N2O2. The normalized spacial score (nSPS) is 20.5. The summed E-state index contributed by atoms with van der Waals surface area (Å²) in [7, 11) is 0. The lowest BCUT2D eigenvalue weighted by atomic mass is 10.00. The summed E-state index contributed by atoms with van der Waals surface area (Å²) in [5.41, 5.74) is 1.25. The largest absolute Gasteiger partial charge is 0.393 e. The van der Waals surface area contributed by atoms with Crippen molar-refractivity contribution in [3.63, 3.8) is 0 Å². The summed E-state index contributed by atoms with van der Waals surface area (Å²) in [5.74, 6) is 0.110. The third-order valence-electron chi connectivity index (χ3n) is 4.39. The molecule has 1 heterocycles. The van der Waals surface area contributed by atoms with Gasteiger partial charge in [0.1, 0.15) is 0 Å². The fourth-order valence-electron chi connectivity index (χ4n) is 2.98. The maximum atomic E-state index is 12.4. The van der Waals surface area contributed by atoms with Crippen molar-refractivity contribution >= 4 is 5.91 Å². The lowest BCUT2D eigenvalue weighted by molar-refractivity contribution is -0.128. The van der Waals surface area contributed by atoms with Gasteiger partial charge in [0.25, 0.3) is 0 Å². The number of hydrogen-bond donors (Lipinski definition) is 2. The number of piperidine rings is 1. The Labute approximate surface area is 133 Å². The lowest BCUT2D eigenvalue weighted by Gasteiger charge is -2.34. The Kier molecular flexibility index (Phi) is 6.87. The van der Waals surface area contributed by atoms with Gasteiger partial charge in [-0.1, -0.05) is 43.7 Å². The smallest absolute Gasteiger partial charge is 0.237 e. The molecule has 1 aliphatic heterocycles. The number of nitrogens with one attached hydrogen (secondary N) is 1. The number of rotatable bonds is 7. The van der Waals surface area contributed by atoms with E-state index in [0.717, 1.165) is 38.8 Å². The van der Waals surface area contributed by atoms with Crippen LogP contribution in [0.5, 0.6) is 0 Å². The van der Waals surface area contributed by atoms with E-state index in [0.29, 0.717) is 13.0 Å². The highest BCUT2D eigenvalue weighted by molar-refractivity contribution is 5.81. The zero-order chi connectivity index (χ0) is 15.8. The van der Waals surface area contributed by atoms with Crippen molar-refractivity contribution in [2.75, 3.05) is 13.1 Å². The molecule has 0 aromatic heterocycles. The van der Waals surface area contributed by atoms with Crippen LogP contribution in [0, 0.1) is 0 Å². The summed E-state index contributed by atoms with van der Waals surface area (Å²) in [6, 6.07) is 10.3. The molecular weight excluding hydrogens is 276 g/mol. The second kappa shape index (κ2) is 8.91. The van der Waals surface area contributed by atoms with Gasteiger partial charge in [-0.25, -0.2) is 0 Å². The lowest BCUT2D eigenvalue weighted by Crippen LogP contribution is -2.49. The zero-order valence-electron chi connectivity index (χ0n) is 13.5. The molecule has 2 rings (SSSR count). The number of likely N-dealkylation sites (tertiary alicyclic amines) is 1. The molecule has 2 N–H and O–H groups in total. The first-order valence-electron chi connectivity index (χ1n) is 8.44. The molecule has 1 aromatic carbocycles. The van der Waals surface area contributed by atoms with Gasteiger partial charge in [-0.3, -0.25) is 9.69 Å². The molecule has 1 aromatic rings. The van der Waals surface area contributed by atoms with Crippen molar-refractivity contribution in [3.8, 4) is 0 Å². The van der Waals surface area contributed by atoms with Crippen LogP contribution in [0.25, 0.3) is 0 Å². The Morgan fingerprint density at radius 3 is 2.86 bits per heavy atom. The molecule has 1 aliphatic rings. The third kappa shape index (κ3) is 5.11. The molecule has 4 heteroatoms. The molecule has 1 saturated heterocycles. The molecule has 0 aliphatic carbocycles. The van der Waals surface area contributed by atoms with E-state index in [9.17, 15) is 9.90 Å². The Morgan fingerprint density at radius 2 is 2.14 bits per heavy atom. The van der Waals surface area contributed by atoms with Crippen LogP contribution in [0.1, 0.15) is 44.6 Å². The number of carbonyl (C=O) groups is 1. The average molecular weight is 304 g/mol. The summed E-state index contributed by atoms with van der Waals surface area (Å²) in [6.07, 6.45) is 4.25. The minimum absolute atomic E-state index is 0.0345. The first-order chi connectivity index (χ1) is 10.7. The second-order valence-electron chi connectivity index (χ2n) is 6.11. The Balaban J connectivity index is 1.87. The van der Waals surface area contributed by atoms with Crippen LogP contribution in [0.3, 0.4) is 0 Å². The van der Waals surface area contributed by atoms with Crippen LogP contribution >= 0.6 is 0 Å². The van der Waals surface area contributed by atoms with Crippen molar-refractivity contribution in [1.82, 2.24) is 10.2 Å². The first-order valence-corrected chi connectivity index (χ1v) is 8.44. The standard InChI is InChI=1S/C18H28N2O2/c1-2-16(21)11-12-19-18(22)17-10-6-7-13-20(17)14-15-8-4-3-5-9-15/h3-5,8-9,16-17,21H,2,6-7,10-14H2,1H3,(H,19,22). The SMILES string of the molecule is CCC(O)CCNC(=O)C1CCCCN1Cc1ccccc1. The molecule has 22 heavy (non-hydrogen) atoms. The second-order valence-corrected chi connectivity index (χ2v) is 6.11. The fourth-order valence-corrected chi connectivity index (χ4v) is 2.98. The highest BCUT2D eigenvalue weighted by Gasteiger charge is 2.28. The molecule has 0 saturated carbocycles. The van der Waals surface area contributed by atoms with E-state index in [-0.39, 0.29) is 18.1 Å². The molecule has 0 bridgehead atoms. The van der Waals surface area contributed by atoms with Gasteiger partial charge in [0.05, 0.1) is 12.1 Å². The van der Waals surface area contributed by atoms with Crippen molar-refractivity contribution in [3.05, 3.63) is 35.9 Å². The highest BCUT2D eigenvalue weighted by Crippen LogP contribution is 2.19. The van der Waals surface area contributed by atoms with Crippen LogP contribution < -0.4 is 5.32 Å². The Bertz CT molecular complexity index is 450. The minimum atomic E-state index is -0.313. The molecule has 4 nitrogen and oxygen atoms in total. The van der Waals surface area contributed by atoms with Crippen LogP contribution in [0.4, 0.5) is 0 Å². The van der Waals surface area contributed by atoms with Gasteiger partial charge in [-0.15, -0.1) is 0 Å². The van der Waals surface area contributed by atoms with Gasteiger partial charge in [-0.2, -0.15) is 0 Å². The first kappa shape index (κ1) is 17.0. The van der Waals surface area contributed by atoms with E-state index in [1.54, 1.807) is 0 Å². The predicted octanol–water partition coefficient (Wildman–Crippen LogP) is 2.32. The number of benzene rings is 1. The summed E-state index contributed by atoms with van der Waals surface area (Å²) < 4.78 is 0. The number of aliphatic hydroxyl groups excluding tert-OH is 1. The third-order valence-corrected chi connectivity index (χ3v) is 4.39. The fraction of sp³-hybridized carbons (Fsp3) is 0.611. The summed E-state index contributed by atoms with van der Waals surface area (Å²) in [5, 5.41) is 12.6. The van der Waals surface area contributed by atoms with Crippen molar-refractivity contribution < 1.29 is 9.90 Å². The van der Waals surface area contributed by atoms with E-state index in [1.165, 1.54) is 5.56 Å². The maximum Gasteiger partial charge on any atom is 0.237 e. The van der Waals surface area contributed by atoms with Gasteiger partial charge < -0.3 is 10.4 Å². The van der Waals surface area contributed by atoms with Gasteiger partial charge in [0.2, 0.25) is 5.91 Å². The molecule has 2 unspecified atom stereocenters. The zero-order valence-corrected chi connectivity index (χ0v) is 13.5. The molecule has 122 valence electrons. The molecule has 0 spiro atoms. The Hall–Kier alpha value is -1.39. The number of hydrogen-bond acceptors (Lipinski definition) is 3. The van der Waals surface area contributed by atoms with Gasteiger partial charge in [-0.05, 0) is 37.8 Å². The van der Waals surface area contributed by atoms with Crippen LogP contribution in [-0.2, 0) is 11.3 Å². The van der Waals surface area contributed by atoms with Crippen LogP contribution in [-0.4, -0.2) is 41.1 Å². The van der Waals surface area contributed by atoms with Crippen LogP contribution in [0.15, 0.2) is 30.3 Å². The van der Waals surface area contributed by atoms with Crippen molar-refractivity contribution in [2.24, 2.45) is 0 Å². The summed E-state index contributed by atoms with van der Waals surface area (Å²) >= 11 is 0. The number of aliphatic hydroxyl groups is 1. The Morgan fingerprint density at radius 1 is 1.36 bits per heavy atom. The van der Waals surface area contributed by atoms with E-state index in [4.69, 9.17) is 0 Å². The molecule has 1 fully saturated rings. The van der Waals surface area contributed by atoms with Crippen molar-refractivity contribution in [1.29, 1.82) is 0 Å². The monoisotopic (exact) mass is 304 g/mol. The van der Waals surface area contributed by atoms with E-state index in [1.807, 2.05) is 25.1 Å². The number of carbonyl (C=O) groups excluding carboxylic acids is 1. The number of amides is 1. The van der Waals surface area contributed by atoms with E-state index < -0.39 is 0 Å². The average Bonchev–Trinajstić information content (AvgIpc) is 2.56. The van der Waals surface area contributed by atoms with E-state index in [2.05, 4.69) is 22.3 Å². The molecule has 0 radical (unpaired) electrons. The molecule has 1 amide bonds. The van der Waals surface area contributed by atoms with E-state index >= 15 is 0 Å². The summed E-state index contributed by atoms with van der Waals surface area (Å²) in [6.45, 7) is 4.32. The quantitative estimate of drug-likeness (QED) is 0.813.